The lowest BCUT2D eigenvalue weighted by atomic mass is 9.91. The normalized spacial score (nSPS) is 13.8. The second-order valence-corrected chi connectivity index (χ2v) is 5.07. The molecule has 0 saturated heterocycles. The van der Waals surface area contributed by atoms with Crippen molar-refractivity contribution in [3.63, 3.8) is 0 Å². The Labute approximate surface area is 130 Å². The summed E-state index contributed by atoms with van der Waals surface area (Å²) in [6.45, 7) is 0.568. The highest BCUT2D eigenvalue weighted by molar-refractivity contribution is 5.91. The van der Waals surface area contributed by atoms with Gasteiger partial charge >= 0.3 is 0 Å². The Morgan fingerprint density at radius 1 is 1.39 bits per heavy atom. The first-order valence-electron chi connectivity index (χ1n) is 6.64. The van der Waals surface area contributed by atoms with E-state index in [0.29, 0.717) is 11.1 Å². The fourth-order valence-corrected chi connectivity index (χ4v) is 2.07. The van der Waals surface area contributed by atoms with Crippen LogP contribution in [0.1, 0.15) is 21.6 Å². The van der Waals surface area contributed by atoms with E-state index >= 15 is 0 Å². The highest BCUT2D eigenvalue weighted by Gasteiger charge is 2.39. The molecule has 1 amide bonds. The largest absolute Gasteiger partial charge is 0.393 e. The van der Waals surface area contributed by atoms with Gasteiger partial charge in [0, 0.05) is 5.56 Å². The number of halogens is 2. The molecule has 1 aromatic carbocycles. The van der Waals surface area contributed by atoms with Crippen LogP contribution in [0.3, 0.4) is 0 Å². The van der Waals surface area contributed by atoms with Gasteiger partial charge in [-0.2, -0.15) is 0 Å². The van der Waals surface area contributed by atoms with E-state index in [4.69, 9.17) is 10.8 Å². The number of alkyl halides is 2. The van der Waals surface area contributed by atoms with Crippen molar-refractivity contribution in [3.05, 3.63) is 47.4 Å². The van der Waals surface area contributed by atoms with Gasteiger partial charge in [0.05, 0.1) is 24.7 Å². The maximum atomic E-state index is 13.1. The quantitative estimate of drug-likeness (QED) is 0.760. The number of carbonyl (C=O) groups excluding carboxylic acids is 1. The number of primary amides is 1. The van der Waals surface area contributed by atoms with Gasteiger partial charge in [0.25, 0.3) is 12.3 Å². The standard InChI is InChI=1S/C15H15F2N3O3/c1-8-2-3-9(15(23,7-21)14(16)17)4-10(8)11-5-19-6-12(20-11)13(18)22/h2-6,14,21,23H,7H2,1H3,(H2,18,22). The number of carbonyl (C=O) groups is 1. The maximum absolute atomic E-state index is 13.1. The van der Waals surface area contributed by atoms with Crippen LogP contribution in [0.25, 0.3) is 11.3 Å². The highest BCUT2D eigenvalue weighted by atomic mass is 19.3. The Hall–Kier alpha value is -2.45. The molecule has 0 radical (unpaired) electrons. The van der Waals surface area contributed by atoms with Gasteiger partial charge in [0.1, 0.15) is 5.69 Å². The zero-order chi connectivity index (χ0) is 17.2. The summed E-state index contributed by atoms with van der Waals surface area (Å²) in [5, 5.41) is 19.1. The molecule has 1 aromatic heterocycles. The molecule has 8 heteroatoms. The van der Waals surface area contributed by atoms with Crippen molar-refractivity contribution in [2.45, 2.75) is 19.0 Å². The topological polar surface area (TPSA) is 109 Å². The molecule has 0 aliphatic heterocycles. The minimum absolute atomic E-state index is 0.0708. The van der Waals surface area contributed by atoms with Crippen LogP contribution in [0, 0.1) is 6.92 Å². The van der Waals surface area contributed by atoms with Gasteiger partial charge in [0.2, 0.25) is 0 Å². The lowest BCUT2D eigenvalue weighted by Gasteiger charge is -2.26. The number of benzene rings is 1. The molecule has 2 rings (SSSR count). The third-order valence-corrected chi connectivity index (χ3v) is 3.50. The van der Waals surface area contributed by atoms with Crippen molar-refractivity contribution in [2.24, 2.45) is 5.73 Å². The van der Waals surface area contributed by atoms with E-state index in [1.54, 1.807) is 6.92 Å². The molecule has 1 heterocycles. The Bertz CT molecular complexity index is 740. The number of hydrogen-bond donors (Lipinski definition) is 3. The van der Waals surface area contributed by atoms with Crippen LogP contribution in [-0.2, 0) is 5.60 Å². The van der Waals surface area contributed by atoms with Crippen LogP contribution in [0.5, 0.6) is 0 Å². The molecule has 1 atom stereocenters. The first kappa shape index (κ1) is 16.9. The van der Waals surface area contributed by atoms with Gasteiger partial charge in [-0.25, -0.2) is 13.8 Å². The van der Waals surface area contributed by atoms with Crippen molar-refractivity contribution in [2.75, 3.05) is 6.61 Å². The Kier molecular flexibility index (Phi) is 4.67. The van der Waals surface area contributed by atoms with E-state index in [1.807, 2.05) is 0 Å². The number of aliphatic hydroxyl groups is 2. The summed E-state index contributed by atoms with van der Waals surface area (Å²) in [6, 6.07) is 4.09. The third-order valence-electron chi connectivity index (χ3n) is 3.50. The van der Waals surface area contributed by atoms with Crippen LogP contribution >= 0.6 is 0 Å². The fourth-order valence-electron chi connectivity index (χ4n) is 2.07. The van der Waals surface area contributed by atoms with Crippen molar-refractivity contribution in [1.29, 1.82) is 0 Å². The van der Waals surface area contributed by atoms with E-state index in [-0.39, 0.29) is 17.0 Å². The lowest BCUT2D eigenvalue weighted by Crippen LogP contribution is -2.38. The number of nitrogens with two attached hydrogens (primary N) is 1. The van der Waals surface area contributed by atoms with Crippen molar-refractivity contribution in [3.8, 4) is 11.3 Å². The van der Waals surface area contributed by atoms with E-state index in [1.165, 1.54) is 30.6 Å². The van der Waals surface area contributed by atoms with Crippen LogP contribution < -0.4 is 5.73 Å². The predicted octanol–water partition coefficient (Wildman–Crippen LogP) is 0.996. The SMILES string of the molecule is Cc1ccc(C(O)(CO)C(F)F)cc1-c1cncc(C(N)=O)n1. The van der Waals surface area contributed by atoms with Crippen LogP contribution in [-0.4, -0.2) is 39.1 Å². The first-order chi connectivity index (χ1) is 10.8. The predicted molar refractivity (Wildman–Crippen MR) is 77.7 cm³/mol. The minimum atomic E-state index is -3.17. The fraction of sp³-hybridized carbons (Fsp3) is 0.267. The molecule has 0 aliphatic carbocycles. The van der Waals surface area contributed by atoms with Gasteiger partial charge < -0.3 is 15.9 Å². The summed E-state index contributed by atoms with van der Waals surface area (Å²) in [5.74, 6) is -0.771. The minimum Gasteiger partial charge on any atom is -0.393 e. The number of aryl methyl sites for hydroxylation is 1. The van der Waals surface area contributed by atoms with E-state index in [2.05, 4.69) is 9.97 Å². The monoisotopic (exact) mass is 323 g/mol. The van der Waals surface area contributed by atoms with Gasteiger partial charge in [-0.3, -0.25) is 9.78 Å². The number of rotatable bonds is 5. The molecule has 0 aliphatic rings. The smallest absolute Gasteiger partial charge is 0.273 e. The van der Waals surface area contributed by atoms with Gasteiger partial charge in [-0.1, -0.05) is 12.1 Å². The number of amides is 1. The molecule has 1 unspecified atom stereocenters. The molecule has 23 heavy (non-hydrogen) atoms. The number of aromatic nitrogens is 2. The zero-order valence-electron chi connectivity index (χ0n) is 12.2. The molecule has 6 nitrogen and oxygen atoms in total. The highest BCUT2D eigenvalue weighted by Crippen LogP contribution is 2.32. The molecule has 0 spiro atoms. The summed E-state index contributed by atoms with van der Waals surface area (Å²) in [6.07, 6.45) is -0.640. The van der Waals surface area contributed by atoms with Crippen molar-refractivity contribution in [1.82, 2.24) is 9.97 Å². The summed E-state index contributed by atoms with van der Waals surface area (Å²) in [5.41, 5.74) is 3.53. The Morgan fingerprint density at radius 2 is 2.09 bits per heavy atom. The Balaban J connectivity index is 2.58. The zero-order valence-corrected chi connectivity index (χ0v) is 12.2. The molecule has 0 bridgehead atoms. The third kappa shape index (κ3) is 3.17. The summed E-state index contributed by atoms with van der Waals surface area (Å²) in [7, 11) is 0. The molecule has 0 saturated carbocycles. The second-order valence-electron chi connectivity index (χ2n) is 5.07. The number of aliphatic hydroxyl groups excluding tert-OH is 1. The van der Waals surface area contributed by atoms with Gasteiger partial charge in [-0.15, -0.1) is 0 Å². The lowest BCUT2D eigenvalue weighted by molar-refractivity contribution is -0.129. The van der Waals surface area contributed by atoms with Crippen LogP contribution in [0.4, 0.5) is 8.78 Å². The molecule has 2 aromatic rings. The summed E-state index contributed by atoms with van der Waals surface area (Å²) in [4.78, 5) is 19.1. The molecule has 4 N–H and O–H groups in total. The van der Waals surface area contributed by atoms with Gasteiger partial charge in [0.15, 0.2) is 5.60 Å². The van der Waals surface area contributed by atoms with Crippen LogP contribution in [0.15, 0.2) is 30.6 Å². The molecular formula is C15H15F2N3O3. The first-order valence-corrected chi connectivity index (χ1v) is 6.64. The van der Waals surface area contributed by atoms with E-state index in [9.17, 15) is 18.7 Å². The summed E-state index contributed by atoms with van der Waals surface area (Å²) >= 11 is 0. The molecular weight excluding hydrogens is 308 g/mol. The second kappa shape index (κ2) is 6.35. The number of hydrogen-bond acceptors (Lipinski definition) is 5. The molecule has 122 valence electrons. The Morgan fingerprint density at radius 3 is 2.65 bits per heavy atom. The molecule has 0 fully saturated rings. The maximum Gasteiger partial charge on any atom is 0.273 e. The van der Waals surface area contributed by atoms with Crippen LogP contribution in [0.2, 0.25) is 0 Å². The van der Waals surface area contributed by atoms with Crippen molar-refractivity contribution < 1.29 is 23.8 Å². The van der Waals surface area contributed by atoms with Crippen molar-refractivity contribution >= 4 is 5.91 Å². The summed E-state index contributed by atoms with van der Waals surface area (Å²) < 4.78 is 26.2. The average molecular weight is 323 g/mol. The van der Waals surface area contributed by atoms with E-state index < -0.39 is 24.5 Å². The number of nitrogens with zero attached hydrogens (tertiary/aromatic N) is 2. The average Bonchev–Trinajstić information content (AvgIpc) is 2.54. The van der Waals surface area contributed by atoms with E-state index in [0.717, 1.165) is 0 Å². The van der Waals surface area contributed by atoms with Gasteiger partial charge in [-0.05, 0) is 24.1 Å².